The fourth-order valence-electron chi connectivity index (χ4n) is 6.21. The number of thiophene rings is 1. The third-order valence-electron chi connectivity index (χ3n) is 8.14. The summed E-state index contributed by atoms with van der Waals surface area (Å²) in [6.07, 6.45) is 1.84. The first-order chi connectivity index (χ1) is 19.6. The molecule has 0 radical (unpaired) electrons. The molecule has 0 spiro atoms. The maximum absolute atomic E-state index is 5.24. The number of hydrogen-bond donors (Lipinski definition) is 0. The summed E-state index contributed by atoms with van der Waals surface area (Å²) in [6, 6.07) is 38.5. The van der Waals surface area contributed by atoms with Gasteiger partial charge in [0.25, 0.3) is 0 Å². The number of pyridine rings is 1. The SMILES string of the molecule is CC1(C)c2ccc(-c3cccc4c3sc3ccccc34)cc2-c2nc(-c3ccccc3)nc(-c3ccccn3)c21. The summed E-state index contributed by atoms with van der Waals surface area (Å²) in [7, 11) is 0. The van der Waals surface area contributed by atoms with Crippen LogP contribution < -0.4 is 0 Å². The van der Waals surface area contributed by atoms with Crippen molar-refractivity contribution in [2.45, 2.75) is 19.3 Å². The van der Waals surface area contributed by atoms with Gasteiger partial charge in [-0.05, 0) is 41.0 Å². The highest BCUT2D eigenvalue weighted by molar-refractivity contribution is 7.26. The summed E-state index contributed by atoms with van der Waals surface area (Å²) in [5.41, 5.74) is 9.55. The van der Waals surface area contributed by atoms with Crippen molar-refractivity contribution in [3.63, 3.8) is 0 Å². The van der Waals surface area contributed by atoms with Crippen molar-refractivity contribution >= 4 is 31.5 Å². The van der Waals surface area contributed by atoms with Crippen LogP contribution in [-0.2, 0) is 5.41 Å². The van der Waals surface area contributed by atoms with Crippen molar-refractivity contribution in [2.75, 3.05) is 0 Å². The van der Waals surface area contributed by atoms with Crippen molar-refractivity contribution in [3.8, 4) is 45.2 Å². The van der Waals surface area contributed by atoms with Crippen LogP contribution >= 0.6 is 11.3 Å². The smallest absolute Gasteiger partial charge is 0.160 e. The second-order valence-corrected chi connectivity index (χ2v) is 11.9. The molecular formula is C36H25N3S. The van der Waals surface area contributed by atoms with Gasteiger partial charge in [-0.3, -0.25) is 4.98 Å². The van der Waals surface area contributed by atoms with E-state index in [1.165, 1.54) is 42.4 Å². The minimum Gasteiger partial charge on any atom is -0.255 e. The van der Waals surface area contributed by atoms with Crippen LogP contribution in [0.25, 0.3) is 65.3 Å². The average molecular weight is 532 g/mol. The molecule has 0 atom stereocenters. The van der Waals surface area contributed by atoms with Crippen molar-refractivity contribution in [1.82, 2.24) is 15.0 Å². The quantitative estimate of drug-likeness (QED) is 0.228. The van der Waals surface area contributed by atoms with Crippen LogP contribution in [-0.4, -0.2) is 15.0 Å². The van der Waals surface area contributed by atoms with Crippen LogP contribution in [0.15, 0.2) is 115 Å². The van der Waals surface area contributed by atoms with E-state index in [4.69, 9.17) is 15.0 Å². The number of nitrogens with zero attached hydrogens (tertiary/aromatic N) is 3. The summed E-state index contributed by atoms with van der Waals surface area (Å²) in [5.74, 6) is 0.723. The first-order valence-corrected chi connectivity index (χ1v) is 14.4. The molecule has 8 rings (SSSR count). The summed E-state index contributed by atoms with van der Waals surface area (Å²) >= 11 is 1.87. The highest BCUT2D eigenvalue weighted by Crippen LogP contribution is 2.52. The van der Waals surface area contributed by atoms with Gasteiger partial charge in [0, 0.05) is 48.5 Å². The lowest BCUT2D eigenvalue weighted by Crippen LogP contribution is -2.17. The van der Waals surface area contributed by atoms with Crippen LogP contribution in [0.4, 0.5) is 0 Å². The lowest BCUT2D eigenvalue weighted by Gasteiger charge is -2.23. The zero-order valence-electron chi connectivity index (χ0n) is 22.2. The van der Waals surface area contributed by atoms with E-state index in [0.29, 0.717) is 0 Å². The molecule has 0 saturated carbocycles. The molecule has 3 nitrogen and oxygen atoms in total. The monoisotopic (exact) mass is 531 g/mol. The van der Waals surface area contributed by atoms with E-state index in [1.807, 2.05) is 53.9 Å². The van der Waals surface area contributed by atoms with Crippen LogP contribution in [0.5, 0.6) is 0 Å². The van der Waals surface area contributed by atoms with Gasteiger partial charge in [-0.15, -0.1) is 11.3 Å². The summed E-state index contributed by atoms with van der Waals surface area (Å²) in [4.78, 5) is 15.1. The van der Waals surface area contributed by atoms with Gasteiger partial charge >= 0.3 is 0 Å². The van der Waals surface area contributed by atoms with Gasteiger partial charge in [0.1, 0.15) is 0 Å². The number of rotatable bonds is 3. The standard InChI is InChI=1S/C36H25N3S/c1-36(2)28-19-18-23(24-14-10-15-26-25-13-6-7-17-30(25)40-34(24)26)21-27(28)32-31(36)33(29-16-8-9-20-37-29)39-35(38-32)22-11-4-3-5-12-22/h3-21H,1-2H3. The predicted molar refractivity (Wildman–Crippen MR) is 167 cm³/mol. The Morgan fingerprint density at radius 3 is 2.25 bits per heavy atom. The topological polar surface area (TPSA) is 38.7 Å². The lowest BCUT2D eigenvalue weighted by molar-refractivity contribution is 0.657. The molecule has 4 heteroatoms. The summed E-state index contributed by atoms with van der Waals surface area (Å²) < 4.78 is 2.64. The van der Waals surface area contributed by atoms with Gasteiger partial charge in [-0.1, -0.05) is 98.8 Å². The fraction of sp³-hybridized carbons (Fsp3) is 0.0833. The maximum Gasteiger partial charge on any atom is 0.160 e. The van der Waals surface area contributed by atoms with E-state index in [1.54, 1.807) is 0 Å². The zero-order valence-corrected chi connectivity index (χ0v) is 23.0. The molecule has 0 amide bonds. The van der Waals surface area contributed by atoms with Crippen LogP contribution in [0.3, 0.4) is 0 Å². The normalized spacial score (nSPS) is 13.4. The Kier molecular flexibility index (Phi) is 5.04. The molecule has 3 aromatic heterocycles. The Balaban J connectivity index is 1.40. The molecule has 7 aromatic rings. The third kappa shape index (κ3) is 3.39. The van der Waals surface area contributed by atoms with Crippen molar-refractivity contribution < 1.29 is 0 Å². The summed E-state index contributed by atoms with van der Waals surface area (Å²) in [5, 5.41) is 2.63. The molecule has 190 valence electrons. The third-order valence-corrected chi connectivity index (χ3v) is 9.36. The Bertz CT molecular complexity index is 2080. The highest BCUT2D eigenvalue weighted by Gasteiger charge is 2.40. The molecule has 1 aliphatic rings. The Morgan fingerprint density at radius 2 is 1.40 bits per heavy atom. The molecule has 0 fully saturated rings. The van der Waals surface area contributed by atoms with E-state index in [9.17, 15) is 0 Å². The van der Waals surface area contributed by atoms with E-state index in [-0.39, 0.29) is 5.41 Å². The number of hydrogen-bond acceptors (Lipinski definition) is 4. The molecule has 4 aromatic carbocycles. The van der Waals surface area contributed by atoms with Gasteiger partial charge in [0.15, 0.2) is 5.82 Å². The first kappa shape index (κ1) is 23.2. The predicted octanol–water partition coefficient (Wildman–Crippen LogP) is 9.55. The molecule has 0 saturated heterocycles. The number of aromatic nitrogens is 3. The minimum atomic E-state index is -0.269. The molecule has 1 aliphatic carbocycles. The number of fused-ring (bicyclic) bond motifs is 6. The molecular weight excluding hydrogens is 506 g/mol. The van der Waals surface area contributed by atoms with Gasteiger partial charge in [0.05, 0.1) is 17.1 Å². The molecule has 3 heterocycles. The Morgan fingerprint density at radius 1 is 0.625 bits per heavy atom. The average Bonchev–Trinajstić information content (AvgIpc) is 3.50. The fourth-order valence-corrected chi connectivity index (χ4v) is 7.45. The van der Waals surface area contributed by atoms with Crippen LogP contribution in [0.1, 0.15) is 25.0 Å². The maximum atomic E-state index is 5.24. The largest absolute Gasteiger partial charge is 0.255 e. The molecule has 0 unspecified atom stereocenters. The Labute approximate surface area is 236 Å². The highest BCUT2D eigenvalue weighted by atomic mass is 32.1. The van der Waals surface area contributed by atoms with Crippen LogP contribution in [0, 0.1) is 0 Å². The zero-order chi connectivity index (χ0) is 26.8. The second-order valence-electron chi connectivity index (χ2n) is 10.9. The molecule has 0 bridgehead atoms. The van der Waals surface area contributed by atoms with Crippen molar-refractivity contribution in [1.29, 1.82) is 0 Å². The van der Waals surface area contributed by atoms with E-state index >= 15 is 0 Å². The second kappa shape index (κ2) is 8.67. The van der Waals surface area contributed by atoms with E-state index < -0.39 is 0 Å². The first-order valence-electron chi connectivity index (χ1n) is 13.5. The lowest BCUT2D eigenvalue weighted by atomic mass is 9.81. The van der Waals surface area contributed by atoms with Crippen molar-refractivity contribution in [3.05, 3.63) is 127 Å². The van der Waals surface area contributed by atoms with Gasteiger partial charge in [0.2, 0.25) is 0 Å². The van der Waals surface area contributed by atoms with Crippen LogP contribution in [0.2, 0.25) is 0 Å². The molecule has 0 aliphatic heterocycles. The molecule has 40 heavy (non-hydrogen) atoms. The minimum absolute atomic E-state index is 0.269. The molecule has 0 N–H and O–H groups in total. The van der Waals surface area contributed by atoms with Gasteiger partial charge < -0.3 is 0 Å². The van der Waals surface area contributed by atoms with Gasteiger partial charge in [-0.2, -0.15) is 0 Å². The van der Waals surface area contributed by atoms with Crippen molar-refractivity contribution in [2.24, 2.45) is 0 Å². The van der Waals surface area contributed by atoms with Gasteiger partial charge in [-0.25, -0.2) is 9.97 Å². The Hall–Kier alpha value is -4.67. The number of benzene rings is 4. The summed E-state index contributed by atoms with van der Waals surface area (Å²) in [6.45, 7) is 4.56. The van der Waals surface area contributed by atoms with E-state index in [2.05, 4.69) is 86.6 Å². The van der Waals surface area contributed by atoms with E-state index in [0.717, 1.165) is 34.0 Å².